The van der Waals surface area contributed by atoms with Crippen LogP contribution in [-0.2, 0) is 6.42 Å². The second-order valence-electron chi connectivity index (χ2n) is 3.47. The second-order valence-corrected chi connectivity index (χ2v) is 6.06. The molecule has 0 saturated heterocycles. The van der Waals surface area contributed by atoms with Gasteiger partial charge in [0, 0.05) is 17.3 Å². The Hall–Kier alpha value is -0.490. The smallest absolute Gasteiger partial charge is 0.0931 e. The van der Waals surface area contributed by atoms with Crippen LogP contribution < -0.4 is 5.32 Å². The summed E-state index contributed by atoms with van der Waals surface area (Å²) in [6, 6.07) is 4.28. The molecule has 0 aliphatic rings. The number of rotatable bonds is 4. The lowest BCUT2D eigenvalue weighted by molar-refractivity contribution is 0.602. The van der Waals surface area contributed by atoms with Crippen LogP contribution in [0.2, 0.25) is 4.34 Å². The van der Waals surface area contributed by atoms with Gasteiger partial charge >= 0.3 is 0 Å². The molecule has 0 aliphatic carbocycles. The van der Waals surface area contributed by atoms with E-state index in [1.54, 1.807) is 11.3 Å². The number of hydrogen-bond donors (Lipinski definition) is 1. The molecule has 1 unspecified atom stereocenters. The number of aryl methyl sites for hydroxylation is 1. The van der Waals surface area contributed by atoms with Crippen molar-refractivity contribution in [1.82, 2.24) is 14.9 Å². The molecule has 6 heteroatoms. The third-order valence-corrected chi connectivity index (χ3v) is 4.58. The number of hydrogen-bond acceptors (Lipinski definition) is 5. The molecule has 0 amide bonds. The van der Waals surface area contributed by atoms with Gasteiger partial charge in [-0.05, 0) is 37.6 Å². The first kappa shape index (κ1) is 12.0. The maximum absolute atomic E-state index is 5.92. The molecule has 2 aromatic heterocycles. The van der Waals surface area contributed by atoms with Crippen LogP contribution in [0.4, 0.5) is 0 Å². The Morgan fingerprint density at radius 1 is 1.50 bits per heavy atom. The van der Waals surface area contributed by atoms with Crippen LogP contribution in [0, 0.1) is 6.92 Å². The van der Waals surface area contributed by atoms with Gasteiger partial charge in [0.05, 0.1) is 14.9 Å². The van der Waals surface area contributed by atoms with E-state index in [-0.39, 0.29) is 6.04 Å². The molecular weight excluding hydrogens is 262 g/mol. The first-order valence-corrected chi connectivity index (χ1v) is 6.88. The monoisotopic (exact) mass is 273 g/mol. The Labute approximate surface area is 108 Å². The number of thiophene rings is 1. The van der Waals surface area contributed by atoms with Gasteiger partial charge in [-0.1, -0.05) is 16.1 Å². The van der Waals surface area contributed by atoms with Crippen LogP contribution in [0.15, 0.2) is 12.1 Å². The number of halogens is 1. The number of likely N-dealkylation sites (N-methyl/N-ethyl adjacent to an activating group) is 1. The standard InChI is InChI=1S/C10H12ClN3S2/c1-6-10(16-14-13-6)8(12-2)5-7-3-4-9(11)15-7/h3-4,8,12H,5H2,1-2H3. The third kappa shape index (κ3) is 2.60. The quantitative estimate of drug-likeness (QED) is 0.930. The molecule has 16 heavy (non-hydrogen) atoms. The van der Waals surface area contributed by atoms with Crippen molar-refractivity contribution in [2.45, 2.75) is 19.4 Å². The average molecular weight is 274 g/mol. The van der Waals surface area contributed by atoms with Gasteiger partial charge < -0.3 is 5.32 Å². The van der Waals surface area contributed by atoms with E-state index in [0.29, 0.717) is 0 Å². The molecular formula is C10H12ClN3S2. The molecule has 2 heterocycles. The summed E-state index contributed by atoms with van der Waals surface area (Å²) in [5.74, 6) is 0. The normalized spacial score (nSPS) is 12.9. The highest BCUT2D eigenvalue weighted by atomic mass is 35.5. The third-order valence-electron chi connectivity index (χ3n) is 2.39. The Bertz CT molecular complexity index is 466. The fourth-order valence-corrected chi connectivity index (χ4v) is 3.43. The highest BCUT2D eigenvalue weighted by Crippen LogP contribution is 2.28. The predicted molar refractivity (Wildman–Crippen MR) is 69.5 cm³/mol. The van der Waals surface area contributed by atoms with Crippen LogP contribution in [-0.4, -0.2) is 16.6 Å². The average Bonchev–Trinajstić information content (AvgIpc) is 2.84. The van der Waals surface area contributed by atoms with Crippen LogP contribution in [0.5, 0.6) is 0 Å². The number of nitrogens with zero attached hydrogens (tertiary/aromatic N) is 2. The number of aromatic nitrogens is 2. The topological polar surface area (TPSA) is 37.8 Å². The highest BCUT2D eigenvalue weighted by Gasteiger charge is 2.16. The summed E-state index contributed by atoms with van der Waals surface area (Å²) in [6.07, 6.45) is 0.929. The fourth-order valence-electron chi connectivity index (χ4n) is 1.55. The van der Waals surface area contributed by atoms with Crippen molar-refractivity contribution >= 4 is 34.5 Å². The Morgan fingerprint density at radius 2 is 2.31 bits per heavy atom. The maximum atomic E-state index is 5.92. The molecule has 1 atom stereocenters. The van der Waals surface area contributed by atoms with E-state index in [1.165, 1.54) is 21.3 Å². The minimum Gasteiger partial charge on any atom is -0.312 e. The van der Waals surface area contributed by atoms with Gasteiger partial charge in [0.15, 0.2) is 0 Å². The van der Waals surface area contributed by atoms with Crippen molar-refractivity contribution in [2.24, 2.45) is 0 Å². The van der Waals surface area contributed by atoms with Crippen molar-refractivity contribution in [3.8, 4) is 0 Å². The minimum absolute atomic E-state index is 0.273. The molecule has 0 spiro atoms. The van der Waals surface area contributed by atoms with Gasteiger partial charge in [0.1, 0.15) is 0 Å². The molecule has 3 nitrogen and oxygen atoms in total. The highest BCUT2D eigenvalue weighted by molar-refractivity contribution is 7.16. The summed E-state index contributed by atoms with van der Waals surface area (Å²) >= 11 is 9.00. The van der Waals surface area contributed by atoms with E-state index in [9.17, 15) is 0 Å². The van der Waals surface area contributed by atoms with E-state index in [0.717, 1.165) is 16.5 Å². The first-order chi connectivity index (χ1) is 7.70. The van der Waals surface area contributed by atoms with Crippen molar-refractivity contribution in [1.29, 1.82) is 0 Å². The molecule has 2 aromatic rings. The molecule has 0 aromatic carbocycles. The summed E-state index contributed by atoms with van der Waals surface area (Å²) in [4.78, 5) is 2.48. The molecule has 0 radical (unpaired) electrons. The molecule has 0 fully saturated rings. The lowest BCUT2D eigenvalue weighted by Crippen LogP contribution is -2.18. The van der Waals surface area contributed by atoms with Crippen LogP contribution in [0.3, 0.4) is 0 Å². The van der Waals surface area contributed by atoms with Crippen molar-refractivity contribution in [3.63, 3.8) is 0 Å². The summed E-state index contributed by atoms with van der Waals surface area (Å²) in [7, 11) is 1.96. The van der Waals surface area contributed by atoms with E-state index in [2.05, 4.69) is 21.0 Å². The van der Waals surface area contributed by atoms with E-state index in [1.807, 2.05) is 20.0 Å². The lowest BCUT2D eigenvalue weighted by Gasteiger charge is -2.13. The zero-order valence-electron chi connectivity index (χ0n) is 9.03. The summed E-state index contributed by atoms with van der Waals surface area (Å²) in [5.41, 5.74) is 1.01. The van der Waals surface area contributed by atoms with Gasteiger partial charge in [-0.25, -0.2) is 0 Å². The van der Waals surface area contributed by atoms with E-state index in [4.69, 9.17) is 11.6 Å². The molecule has 86 valence electrons. The fraction of sp³-hybridized carbons (Fsp3) is 0.400. The lowest BCUT2D eigenvalue weighted by atomic mass is 10.1. The van der Waals surface area contributed by atoms with Crippen LogP contribution >= 0.6 is 34.5 Å². The van der Waals surface area contributed by atoms with Crippen molar-refractivity contribution < 1.29 is 0 Å². The second kappa shape index (κ2) is 5.23. The van der Waals surface area contributed by atoms with Gasteiger partial charge in [0.2, 0.25) is 0 Å². The van der Waals surface area contributed by atoms with E-state index >= 15 is 0 Å². The van der Waals surface area contributed by atoms with Crippen LogP contribution in [0.1, 0.15) is 21.5 Å². The number of nitrogens with one attached hydrogen (secondary N) is 1. The summed E-state index contributed by atoms with van der Waals surface area (Å²) in [5, 5.41) is 7.34. The van der Waals surface area contributed by atoms with Crippen molar-refractivity contribution in [3.05, 3.63) is 31.9 Å². The molecule has 0 saturated carbocycles. The largest absolute Gasteiger partial charge is 0.312 e. The summed E-state index contributed by atoms with van der Waals surface area (Å²) in [6.45, 7) is 1.99. The van der Waals surface area contributed by atoms with Gasteiger partial charge in [-0.3, -0.25) is 0 Å². The SMILES string of the molecule is CNC(Cc1ccc(Cl)s1)c1snnc1C. The van der Waals surface area contributed by atoms with Crippen molar-refractivity contribution in [2.75, 3.05) is 7.05 Å². The Balaban J connectivity index is 2.15. The maximum Gasteiger partial charge on any atom is 0.0931 e. The molecule has 0 bridgehead atoms. The Morgan fingerprint density at radius 3 is 2.81 bits per heavy atom. The van der Waals surface area contributed by atoms with Gasteiger partial charge in [0.25, 0.3) is 0 Å². The minimum atomic E-state index is 0.273. The van der Waals surface area contributed by atoms with Crippen LogP contribution in [0.25, 0.3) is 0 Å². The van der Waals surface area contributed by atoms with Gasteiger partial charge in [-0.2, -0.15) is 0 Å². The zero-order chi connectivity index (χ0) is 11.5. The molecule has 0 aliphatic heterocycles. The first-order valence-electron chi connectivity index (χ1n) is 4.91. The molecule has 1 N–H and O–H groups in total. The zero-order valence-corrected chi connectivity index (χ0v) is 11.4. The van der Waals surface area contributed by atoms with Gasteiger partial charge in [-0.15, -0.1) is 16.4 Å². The molecule has 2 rings (SSSR count). The predicted octanol–water partition coefficient (Wildman–Crippen LogP) is 3.06. The summed E-state index contributed by atoms with van der Waals surface area (Å²) < 4.78 is 4.80. The van der Waals surface area contributed by atoms with E-state index < -0.39 is 0 Å². The Kier molecular flexibility index (Phi) is 3.91.